The van der Waals surface area contributed by atoms with Crippen LogP contribution in [-0.2, 0) is 11.3 Å². The van der Waals surface area contributed by atoms with Crippen molar-refractivity contribution in [2.45, 2.75) is 18.4 Å². The number of aromatic nitrogens is 1. The summed E-state index contributed by atoms with van der Waals surface area (Å²) in [6, 6.07) is 25.8. The summed E-state index contributed by atoms with van der Waals surface area (Å²) in [6.45, 7) is 2.74. The zero-order chi connectivity index (χ0) is 22.8. The molecule has 3 aromatic carbocycles. The van der Waals surface area contributed by atoms with Gasteiger partial charge in [0.1, 0.15) is 0 Å². The van der Waals surface area contributed by atoms with Gasteiger partial charge in [-0.05, 0) is 55.5 Å². The molecule has 6 heteroatoms. The highest BCUT2D eigenvalue weighted by atomic mass is 35.5. The van der Waals surface area contributed by atoms with Gasteiger partial charge in [-0.2, -0.15) is 10.1 Å². The molecule has 164 valence electrons. The van der Waals surface area contributed by atoms with E-state index in [2.05, 4.69) is 28.0 Å². The highest BCUT2D eigenvalue weighted by Gasteiger charge is 2.28. The van der Waals surface area contributed by atoms with Crippen LogP contribution in [0.15, 0.2) is 101 Å². The van der Waals surface area contributed by atoms with Crippen LogP contribution in [0, 0.1) is 0 Å². The number of carbonyl (C=O) groups excluding carboxylic acids is 1. The van der Waals surface area contributed by atoms with E-state index in [1.807, 2.05) is 79.7 Å². The van der Waals surface area contributed by atoms with Crippen LogP contribution in [0.3, 0.4) is 0 Å². The van der Waals surface area contributed by atoms with E-state index in [-0.39, 0.29) is 5.91 Å². The van der Waals surface area contributed by atoms with Crippen LogP contribution in [-0.4, -0.2) is 21.9 Å². The van der Waals surface area contributed by atoms with Crippen LogP contribution < -0.4 is 5.01 Å². The summed E-state index contributed by atoms with van der Waals surface area (Å²) in [6.07, 6.45) is 4.10. The molecular formula is C27H22ClN3OS. The lowest BCUT2D eigenvalue weighted by atomic mass is 10.1. The highest BCUT2D eigenvalue weighted by Crippen LogP contribution is 2.29. The second-order valence-electron chi connectivity index (χ2n) is 7.79. The first kappa shape index (κ1) is 21.6. The fourth-order valence-corrected chi connectivity index (χ4v) is 4.93. The topological polar surface area (TPSA) is 37.6 Å². The molecule has 0 saturated carbocycles. The standard InChI is InChI=1S/C27H22ClN3OS/c1-19-25(27(32)31(29-19)22-7-3-2-4-8-22)17-20-18-30(26-10-6-5-9-24(20)26)15-16-33-23-13-11-21(28)12-14-23/h2-14,17-18H,15-16H2,1H3/b25-17+. The first-order chi connectivity index (χ1) is 16.1. The van der Waals surface area contributed by atoms with Crippen LogP contribution >= 0.6 is 23.4 Å². The zero-order valence-electron chi connectivity index (χ0n) is 18.1. The molecule has 4 aromatic rings. The number of anilines is 1. The predicted molar refractivity (Wildman–Crippen MR) is 139 cm³/mol. The smallest absolute Gasteiger partial charge is 0.280 e. The van der Waals surface area contributed by atoms with E-state index in [0.717, 1.165) is 45.2 Å². The average Bonchev–Trinajstić information content (AvgIpc) is 3.33. The molecule has 0 fully saturated rings. The van der Waals surface area contributed by atoms with Gasteiger partial charge >= 0.3 is 0 Å². The summed E-state index contributed by atoms with van der Waals surface area (Å²) in [4.78, 5) is 14.3. The van der Waals surface area contributed by atoms with E-state index in [0.29, 0.717) is 5.57 Å². The Hall–Kier alpha value is -3.28. The molecule has 1 amide bonds. The second kappa shape index (κ2) is 9.30. The average molecular weight is 472 g/mol. The van der Waals surface area contributed by atoms with E-state index >= 15 is 0 Å². The number of carbonyl (C=O) groups is 1. The zero-order valence-corrected chi connectivity index (χ0v) is 19.7. The van der Waals surface area contributed by atoms with Crippen molar-refractivity contribution in [1.82, 2.24) is 4.57 Å². The van der Waals surface area contributed by atoms with Crippen LogP contribution in [0.2, 0.25) is 5.02 Å². The van der Waals surface area contributed by atoms with Gasteiger partial charge in [-0.25, -0.2) is 0 Å². The third-order valence-electron chi connectivity index (χ3n) is 5.60. The Morgan fingerprint density at radius 1 is 0.970 bits per heavy atom. The molecule has 0 unspecified atom stereocenters. The van der Waals surface area contributed by atoms with Gasteiger partial charge in [0, 0.05) is 44.9 Å². The van der Waals surface area contributed by atoms with Gasteiger partial charge in [0.15, 0.2) is 0 Å². The summed E-state index contributed by atoms with van der Waals surface area (Å²) in [5.41, 5.74) is 4.29. The van der Waals surface area contributed by atoms with Gasteiger partial charge in [-0.3, -0.25) is 4.79 Å². The first-order valence-corrected chi connectivity index (χ1v) is 12.1. The van der Waals surface area contributed by atoms with E-state index in [1.54, 1.807) is 11.8 Å². The number of nitrogens with zero attached hydrogens (tertiary/aromatic N) is 3. The SMILES string of the molecule is CC1=NN(c2ccccc2)C(=O)/C1=C/c1cn(CCSc2ccc(Cl)cc2)c2ccccc12. The first-order valence-electron chi connectivity index (χ1n) is 10.7. The van der Waals surface area contributed by atoms with Crippen molar-refractivity contribution >= 4 is 57.6 Å². The molecule has 0 N–H and O–H groups in total. The third-order valence-corrected chi connectivity index (χ3v) is 6.84. The number of benzene rings is 3. The van der Waals surface area contributed by atoms with Crippen molar-refractivity contribution in [2.75, 3.05) is 10.8 Å². The van der Waals surface area contributed by atoms with E-state index in [4.69, 9.17) is 11.6 Å². The number of para-hydroxylation sites is 2. The van der Waals surface area contributed by atoms with E-state index < -0.39 is 0 Å². The molecule has 4 nitrogen and oxygen atoms in total. The highest BCUT2D eigenvalue weighted by molar-refractivity contribution is 7.99. The van der Waals surface area contributed by atoms with Gasteiger partial charge in [0.2, 0.25) is 0 Å². The van der Waals surface area contributed by atoms with Gasteiger partial charge in [-0.15, -0.1) is 11.8 Å². The van der Waals surface area contributed by atoms with Crippen molar-refractivity contribution in [3.8, 4) is 0 Å². The number of hydrazone groups is 1. The molecule has 0 aliphatic carbocycles. The molecule has 0 spiro atoms. The van der Waals surface area contributed by atoms with Gasteiger partial charge < -0.3 is 4.57 Å². The lowest BCUT2D eigenvalue weighted by Gasteiger charge is -2.10. The molecule has 5 rings (SSSR count). The number of hydrogen-bond acceptors (Lipinski definition) is 3. The summed E-state index contributed by atoms with van der Waals surface area (Å²) in [5.74, 6) is 0.825. The summed E-state index contributed by atoms with van der Waals surface area (Å²) in [7, 11) is 0. The Morgan fingerprint density at radius 2 is 1.70 bits per heavy atom. The van der Waals surface area contributed by atoms with Crippen molar-refractivity contribution in [2.24, 2.45) is 5.10 Å². The minimum Gasteiger partial charge on any atom is -0.346 e. The Bertz CT molecular complexity index is 1370. The quantitative estimate of drug-likeness (QED) is 0.227. The molecule has 0 bridgehead atoms. The number of hydrogen-bond donors (Lipinski definition) is 0. The molecule has 1 aromatic heterocycles. The van der Waals surface area contributed by atoms with Crippen LogP contribution in [0.5, 0.6) is 0 Å². The monoisotopic (exact) mass is 471 g/mol. The minimum atomic E-state index is -0.103. The van der Waals surface area contributed by atoms with Gasteiger partial charge in [-0.1, -0.05) is 48.0 Å². The van der Waals surface area contributed by atoms with Gasteiger partial charge in [0.25, 0.3) is 5.91 Å². The Morgan fingerprint density at radius 3 is 2.48 bits per heavy atom. The number of aryl methyl sites for hydroxylation is 1. The Balaban J connectivity index is 1.41. The minimum absolute atomic E-state index is 0.103. The summed E-state index contributed by atoms with van der Waals surface area (Å²) in [5, 5.41) is 7.86. The maximum absolute atomic E-state index is 13.1. The number of fused-ring (bicyclic) bond motifs is 1. The molecule has 0 saturated heterocycles. The third kappa shape index (κ3) is 4.47. The molecule has 33 heavy (non-hydrogen) atoms. The lowest BCUT2D eigenvalue weighted by Crippen LogP contribution is -2.21. The maximum Gasteiger partial charge on any atom is 0.280 e. The van der Waals surface area contributed by atoms with Crippen LogP contribution in [0.25, 0.3) is 17.0 Å². The molecule has 1 aliphatic heterocycles. The molecular weight excluding hydrogens is 450 g/mol. The van der Waals surface area contributed by atoms with E-state index in [9.17, 15) is 4.79 Å². The molecule has 0 radical (unpaired) electrons. The Labute approximate surface area is 202 Å². The van der Waals surface area contributed by atoms with E-state index in [1.165, 1.54) is 9.90 Å². The number of rotatable bonds is 6. The second-order valence-corrected chi connectivity index (χ2v) is 9.40. The Kier molecular flexibility index (Phi) is 6.07. The summed E-state index contributed by atoms with van der Waals surface area (Å²) < 4.78 is 2.26. The fourth-order valence-electron chi connectivity index (χ4n) is 3.95. The predicted octanol–water partition coefficient (Wildman–Crippen LogP) is 6.89. The number of thioether (sulfide) groups is 1. The number of amides is 1. The molecule has 1 aliphatic rings. The van der Waals surface area contributed by atoms with Gasteiger partial charge in [0.05, 0.1) is 17.0 Å². The van der Waals surface area contributed by atoms with Crippen LogP contribution in [0.4, 0.5) is 5.69 Å². The number of halogens is 1. The molecule has 2 heterocycles. The van der Waals surface area contributed by atoms with Crippen molar-refractivity contribution in [1.29, 1.82) is 0 Å². The van der Waals surface area contributed by atoms with Crippen molar-refractivity contribution in [3.63, 3.8) is 0 Å². The maximum atomic E-state index is 13.1. The fraction of sp³-hybridized carbons (Fsp3) is 0.111. The molecule has 0 atom stereocenters. The lowest BCUT2D eigenvalue weighted by molar-refractivity contribution is -0.114. The summed E-state index contributed by atoms with van der Waals surface area (Å²) >= 11 is 7.79. The van der Waals surface area contributed by atoms with Crippen LogP contribution in [0.1, 0.15) is 12.5 Å². The normalized spacial score (nSPS) is 15.0. The van der Waals surface area contributed by atoms with Crippen molar-refractivity contribution < 1.29 is 4.79 Å². The van der Waals surface area contributed by atoms with Crippen molar-refractivity contribution in [3.05, 3.63) is 101 Å². The largest absolute Gasteiger partial charge is 0.346 e.